The van der Waals surface area contributed by atoms with Crippen molar-refractivity contribution in [1.82, 2.24) is 5.32 Å². The quantitative estimate of drug-likeness (QED) is 0.444. The number of sulfonamides is 1. The van der Waals surface area contributed by atoms with Crippen molar-refractivity contribution >= 4 is 44.8 Å². The molecule has 0 aliphatic carbocycles. The predicted molar refractivity (Wildman–Crippen MR) is 130 cm³/mol. The lowest BCUT2D eigenvalue weighted by Crippen LogP contribution is -2.41. The van der Waals surface area contributed by atoms with Gasteiger partial charge in [0.15, 0.2) is 0 Å². The van der Waals surface area contributed by atoms with E-state index in [1.165, 1.54) is 35.9 Å². The molecule has 3 aromatic rings. The number of benzene rings is 3. The van der Waals surface area contributed by atoms with Crippen molar-refractivity contribution in [3.63, 3.8) is 0 Å². The van der Waals surface area contributed by atoms with Crippen molar-refractivity contribution in [1.29, 1.82) is 0 Å². The summed E-state index contributed by atoms with van der Waals surface area (Å²) in [5, 5.41) is 3.37. The summed E-state index contributed by atoms with van der Waals surface area (Å²) in [5.74, 6) is -0.442. The highest BCUT2D eigenvalue weighted by Crippen LogP contribution is 2.30. The van der Waals surface area contributed by atoms with Crippen LogP contribution in [0.5, 0.6) is 0 Å². The molecule has 0 saturated heterocycles. The molecule has 0 saturated carbocycles. The molecule has 0 bridgehead atoms. The first kappa shape index (κ1) is 24.1. The number of aryl methyl sites for hydroxylation is 1. The summed E-state index contributed by atoms with van der Waals surface area (Å²) in [6, 6.07) is 20.1. The van der Waals surface area contributed by atoms with Crippen molar-refractivity contribution in [3.8, 4) is 0 Å². The summed E-state index contributed by atoms with van der Waals surface area (Å²) >= 11 is 12.1. The molecule has 168 valence electrons. The minimum absolute atomic E-state index is 0.0714. The zero-order valence-electron chi connectivity index (χ0n) is 17.8. The number of carbonyl (C=O) groups is 1. The molecule has 1 atom stereocenters. The highest BCUT2D eigenvalue weighted by Gasteiger charge is 2.28. The van der Waals surface area contributed by atoms with Crippen LogP contribution in [0.25, 0.3) is 0 Å². The van der Waals surface area contributed by atoms with Gasteiger partial charge in [0, 0.05) is 0 Å². The third-order valence-electron chi connectivity index (χ3n) is 5.08. The molecule has 0 radical (unpaired) electrons. The Hall–Kier alpha value is -2.54. The van der Waals surface area contributed by atoms with Crippen LogP contribution in [-0.2, 0) is 21.2 Å². The van der Waals surface area contributed by atoms with E-state index in [-0.39, 0.29) is 21.6 Å². The van der Waals surface area contributed by atoms with Crippen molar-refractivity contribution in [2.75, 3.05) is 10.8 Å². The van der Waals surface area contributed by atoms with Crippen LogP contribution in [-0.4, -0.2) is 20.9 Å². The van der Waals surface area contributed by atoms with Crippen LogP contribution in [0.15, 0.2) is 77.7 Å². The second kappa shape index (κ2) is 10.4. The average Bonchev–Trinajstić information content (AvgIpc) is 2.80. The van der Waals surface area contributed by atoms with Gasteiger partial charge >= 0.3 is 0 Å². The van der Waals surface area contributed by atoms with E-state index >= 15 is 0 Å². The molecule has 0 fully saturated rings. The topological polar surface area (TPSA) is 66.5 Å². The van der Waals surface area contributed by atoms with Gasteiger partial charge in [-0.15, -0.1) is 0 Å². The van der Waals surface area contributed by atoms with Crippen LogP contribution in [0.2, 0.25) is 10.0 Å². The number of nitrogens with one attached hydrogen (secondary N) is 1. The maximum Gasteiger partial charge on any atom is 0.264 e. The maximum atomic E-state index is 13.4. The molecule has 5 nitrogen and oxygen atoms in total. The summed E-state index contributed by atoms with van der Waals surface area (Å²) in [6.45, 7) is 3.52. The Morgan fingerprint density at radius 3 is 2.22 bits per heavy atom. The second-order valence-electron chi connectivity index (χ2n) is 7.31. The van der Waals surface area contributed by atoms with Gasteiger partial charge in [-0.3, -0.25) is 9.10 Å². The fourth-order valence-electron chi connectivity index (χ4n) is 3.22. The van der Waals surface area contributed by atoms with E-state index in [1.54, 1.807) is 18.2 Å². The number of rotatable bonds is 8. The molecule has 0 spiro atoms. The van der Waals surface area contributed by atoms with Gasteiger partial charge in [-0.2, -0.15) is 0 Å². The van der Waals surface area contributed by atoms with E-state index in [0.29, 0.717) is 5.02 Å². The van der Waals surface area contributed by atoms with E-state index in [4.69, 9.17) is 23.2 Å². The number of halogens is 2. The summed E-state index contributed by atoms with van der Waals surface area (Å²) in [5.41, 5.74) is 2.38. The normalized spacial score (nSPS) is 12.2. The van der Waals surface area contributed by atoms with E-state index in [1.807, 2.05) is 31.2 Å². The second-order valence-corrected chi connectivity index (χ2v) is 9.98. The van der Waals surface area contributed by atoms with Crippen LogP contribution < -0.4 is 9.62 Å². The lowest BCUT2D eigenvalue weighted by molar-refractivity contribution is -0.120. The Labute approximate surface area is 199 Å². The molecule has 0 aliphatic rings. The van der Waals surface area contributed by atoms with Gasteiger partial charge in [0.25, 0.3) is 10.0 Å². The third-order valence-corrected chi connectivity index (χ3v) is 7.60. The molecule has 0 aromatic heterocycles. The summed E-state index contributed by atoms with van der Waals surface area (Å²) in [6.07, 6.45) is 0.928. The average molecular weight is 491 g/mol. The fraction of sp³-hybridized carbons (Fsp3) is 0.208. The zero-order chi connectivity index (χ0) is 23.3. The SMILES string of the molecule is CCc1ccc([C@H](C)NC(=O)CN(c2ccc(Cl)c(Cl)c2)S(=O)(=O)c2ccccc2)cc1. The Kier molecular flexibility index (Phi) is 7.82. The summed E-state index contributed by atoms with van der Waals surface area (Å²) < 4.78 is 27.8. The molecule has 3 rings (SSSR count). The number of carbonyl (C=O) groups excluding carboxylic acids is 1. The minimum atomic E-state index is -4.02. The number of anilines is 1. The van der Waals surface area contributed by atoms with Crippen LogP contribution >= 0.6 is 23.2 Å². The lowest BCUT2D eigenvalue weighted by atomic mass is 10.1. The fourth-order valence-corrected chi connectivity index (χ4v) is 4.94. The van der Waals surface area contributed by atoms with Crippen LogP contribution in [0, 0.1) is 0 Å². The van der Waals surface area contributed by atoms with E-state index < -0.39 is 22.5 Å². The molecule has 0 unspecified atom stereocenters. The molecular weight excluding hydrogens is 467 g/mol. The largest absolute Gasteiger partial charge is 0.348 e. The van der Waals surface area contributed by atoms with Crippen molar-refractivity contribution in [2.45, 2.75) is 31.2 Å². The van der Waals surface area contributed by atoms with Gasteiger partial charge in [0.05, 0.1) is 26.7 Å². The van der Waals surface area contributed by atoms with Gasteiger partial charge in [0.2, 0.25) is 5.91 Å². The lowest BCUT2D eigenvalue weighted by Gasteiger charge is -2.25. The van der Waals surface area contributed by atoms with Gasteiger partial charge in [-0.25, -0.2) is 8.42 Å². The molecule has 0 heterocycles. The number of nitrogens with zero attached hydrogens (tertiary/aromatic N) is 1. The monoisotopic (exact) mass is 490 g/mol. The van der Waals surface area contributed by atoms with Crippen LogP contribution in [0.4, 0.5) is 5.69 Å². The standard InChI is InChI=1S/C24H24Cl2N2O3S/c1-3-18-9-11-19(12-10-18)17(2)27-24(29)16-28(20-13-14-22(25)23(26)15-20)32(30,31)21-7-5-4-6-8-21/h4-15,17H,3,16H2,1-2H3,(H,27,29)/t17-/m0/s1. The molecule has 32 heavy (non-hydrogen) atoms. The van der Waals surface area contributed by atoms with Gasteiger partial charge in [-0.05, 0) is 54.8 Å². The van der Waals surface area contributed by atoms with Crippen LogP contribution in [0.1, 0.15) is 31.0 Å². The summed E-state index contributed by atoms with van der Waals surface area (Å²) in [7, 11) is -4.02. The third kappa shape index (κ3) is 5.63. The summed E-state index contributed by atoms with van der Waals surface area (Å²) in [4.78, 5) is 13.0. The highest BCUT2D eigenvalue weighted by atomic mass is 35.5. The van der Waals surface area contributed by atoms with Gasteiger partial charge < -0.3 is 5.32 Å². The first-order valence-corrected chi connectivity index (χ1v) is 12.3. The Balaban J connectivity index is 1.88. The number of amides is 1. The Bertz CT molecular complexity index is 1180. The first-order chi connectivity index (χ1) is 15.2. The highest BCUT2D eigenvalue weighted by molar-refractivity contribution is 7.92. The molecule has 1 N–H and O–H groups in total. The van der Waals surface area contributed by atoms with E-state index in [2.05, 4.69) is 12.2 Å². The van der Waals surface area contributed by atoms with Crippen molar-refractivity contribution < 1.29 is 13.2 Å². The molecular formula is C24H24Cl2N2O3S. The molecule has 8 heteroatoms. The molecule has 1 amide bonds. The van der Waals surface area contributed by atoms with Crippen LogP contribution in [0.3, 0.4) is 0 Å². The maximum absolute atomic E-state index is 13.4. The molecule has 0 aliphatic heterocycles. The zero-order valence-corrected chi connectivity index (χ0v) is 20.1. The Morgan fingerprint density at radius 2 is 1.62 bits per heavy atom. The van der Waals surface area contributed by atoms with E-state index in [0.717, 1.165) is 16.3 Å². The Morgan fingerprint density at radius 1 is 0.969 bits per heavy atom. The van der Waals surface area contributed by atoms with E-state index in [9.17, 15) is 13.2 Å². The minimum Gasteiger partial charge on any atom is -0.348 e. The van der Waals surface area contributed by atoms with Crippen molar-refractivity contribution in [3.05, 3.63) is 94.0 Å². The molecule has 3 aromatic carbocycles. The predicted octanol–water partition coefficient (Wildman–Crippen LogP) is 5.63. The number of hydrogen-bond donors (Lipinski definition) is 1. The number of hydrogen-bond acceptors (Lipinski definition) is 3. The smallest absolute Gasteiger partial charge is 0.264 e. The van der Waals surface area contributed by atoms with Gasteiger partial charge in [-0.1, -0.05) is 72.6 Å². The first-order valence-electron chi connectivity index (χ1n) is 10.1. The van der Waals surface area contributed by atoms with Gasteiger partial charge in [0.1, 0.15) is 6.54 Å². The van der Waals surface area contributed by atoms with Crippen molar-refractivity contribution in [2.24, 2.45) is 0 Å².